The van der Waals surface area contributed by atoms with Crippen LogP contribution in [0.1, 0.15) is 49.1 Å². The summed E-state index contributed by atoms with van der Waals surface area (Å²) in [4.78, 5) is 20.4. The van der Waals surface area contributed by atoms with E-state index in [1.54, 1.807) is 0 Å². The van der Waals surface area contributed by atoms with Crippen LogP contribution in [0.4, 0.5) is 0 Å². The maximum absolute atomic E-state index is 13.9. The SMILES string of the molecule is O=C([C@@H](c1ccccc1)C1CCCCC1)N1CCOC[C@H](Cc2ccc3nccn3c2)C1. The van der Waals surface area contributed by atoms with Crippen molar-refractivity contribution >= 4 is 11.6 Å². The van der Waals surface area contributed by atoms with Gasteiger partial charge in [0, 0.05) is 37.6 Å². The molecule has 5 heteroatoms. The van der Waals surface area contributed by atoms with E-state index in [9.17, 15) is 4.79 Å². The van der Waals surface area contributed by atoms with Gasteiger partial charge in [-0.3, -0.25) is 4.79 Å². The highest BCUT2D eigenvalue weighted by Crippen LogP contribution is 2.37. The molecule has 1 aliphatic carbocycles. The molecule has 1 saturated carbocycles. The summed E-state index contributed by atoms with van der Waals surface area (Å²) in [6.45, 7) is 2.77. The van der Waals surface area contributed by atoms with Gasteiger partial charge >= 0.3 is 0 Å². The van der Waals surface area contributed by atoms with Gasteiger partial charge in [-0.05, 0) is 42.4 Å². The number of rotatable bonds is 5. The van der Waals surface area contributed by atoms with Crippen molar-refractivity contribution in [3.05, 3.63) is 72.2 Å². The number of benzene rings is 1. The molecule has 0 bridgehead atoms. The Morgan fingerprint density at radius 3 is 2.78 bits per heavy atom. The highest BCUT2D eigenvalue weighted by molar-refractivity contribution is 5.84. The molecule has 0 N–H and O–H groups in total. The fourth-order valence-corrected chi connectivity index (χ4v) is 5.57. The third-order valence-electron chi connectivity index (χ3n) is 7.17. The molecule has 1 amide bonds. The lowest BCUT2D eigenvalue weighted by atomic mass is 9.76. The minimum atomic E-state index is -0.0300. The first-order valence-corrected chi connectivity index (χ1v) is 12.1. The lowest BCUT2D eigenvalue weighted by Gasteiger charge is -2.34. The van der Waals surface area contributed by atoms with Crippen LogP contribution in [-0.2, 0) is 16.0 Å². The summed E-state index contributed by atoms with van der Waals surface area (Å²) >= 11 is 0. The van der Waals surface area contributed by atoms with Gasteiger partial charge < -0.3 is 14.0 Å². The van der Waals surface area contributed by atoms with Crippen molar-refractivity contribution in [1.82, 2.24) is 14.3 Å². The van der Waals surface area contributed by atoms with Crippen molar-refractivity contribution in [3.63, 3.8) is 0 Å². The monoisotopic (exact) mass is 431 g/mol. The Kier molecular flexibility index (Phi) is 6.54. The molecule has 3 aromatic rings. The molecule has 2 atom stereocenters. The summed E-state index contributed by atoms with van der Waals surface area (Å²) in [5, 5.41) is 0. The van der Waals surface area contributed by atoms with Gasteiger partial charge in [-0.1, -0.05) is 55.7 Å². The first-order valence-electron chi connectivity index (χ1n) is 12.1. The molecule has 2 aliphatic rings. The molecule has 168 valence electrons. The van der Waals surface area contributed by atoms with E-state index in [0.717, 1.165) is 31.5 Å². The zero-order valence-electron chi connectivity index (χ0n) is 18.7. The van der Waals surface area contributed by atoms with Crippen LogP contribution < -0.4 is 0 Å². The summed E-state index contributed by atoms with van der Waals surface area (Å²) in [7, 11) is 0. The van der Waals surface area contributed by atoms with Gasteiger partial charge in [0.1, 0.15) is 5.65 Å². The van der Waals surface area contributed by atoms with Crippen LogP contribution in [0.3, 0.4) is 0 Å². The Labute approximate surface area is 190 Å². The third-order valence-corrected chi connectivity index (χ3v) is 7.17. The van der Waals surface area contributed by atoms with Crippen molar-refractivity contribution < 1.29 is 9.53 Å². The van der Waals surface area contributed by atoms with Gasteiger partial charge in [-0.2, -0.15) is 0 Å². The van der Waals surface area contributed by atoms with Gasteiger partial charge in [0.2, 0.25) is 5.91 Å². The molecular formula is C27H33N3O2. The number of imidazole rings is 1. The topological polar surface area (TPSA) is 46.8 Å². The van der Waals surface area contributed by atoms with Gasteiger partial charge in [-0.25, -0.2) is 4.98 Å². The smallest absolute Gasteiger partial charge is 0.230 e. The highest BCUT2D eigenvalue weighted by Gasteiger charge is 2.35. The van der Waals surface area contributed by atoms with E-state index in [0.29, 0.717) is 37.5 Å². The van der Waals surface area contributed by atoms with Crippen LogP contribution >= 0.6 is 0 Å². The highest BCUT2D eigenvalue weighted by atomic mass is 16.5. The summed E-state index contributed by atoms with van der Waals surface area (Å²) < 4.78 is 8.01. The van der Waals surface area contributed by atoms with Crippen molar-refractivity contribution in [3.8, 4) is 0 Å². The number of hydrogen-bond donors (Lipinski definition) is 0. The molecule has 3 heterocycles. The van der Waals surface area contributed by atoms with Crippen molar-refractivity contribution in [2.45, 2.75) is 44.4 Å². The predicted molar refractivity (Wildman–Crippen MR) is 126 cm³/mol. The summed E-state index contributed by atoms with van der Waals surface area (Å²) in [6, 6.07) is 14.7. The van der Waals surface area contributed by atoms with E-state index in [4.69, 9.17) is 4.74 Å². The second-order valence-electron chi connectivity index (χ2n) is 9.45. The lowest BCUT2D eigenvalue weighted by Crippen LogP contribution is -2.41. The van der Waals surface area contributed by atoms with Crippen molar-refractivity contribution in [1.29, 1.82) is 0 Å². The number of hydrogen-bond acceptors (Lipinski definition) is 3. The molecule has 2 fully saturated rings. The number of aromatic nitrogens is 2. The Hall–Kier alpha value is -2.66. The van der Waals surface area contributed by atoms with E-state index in [1.165, 1.54) is 30.4 Å². The van der Waals surface area contributed by atoms with E-state index in [2.05, 4.69) is 56.9 Å². The third kappa shape index (κ3) is 4.73. The molecular weight excluding hydrogens is 398 g/mol. The van der Waals surface area contributed by atoms with E-state index in [-0.39, 0.29) is 5.92 Å². The zero-order chi connectivity index (χ0) is 21.8. The van der Waals surface area contributed by atoms with E-state index >= 15 is 0 Å². The van der Waals surface area contributed by atoms with E-state index < -0.39 is 0 Å². The first-order chi connectivity index (χ1) is 15.8. The van der Waals surface area contributed by atoms with Gasteiger partial charge in [0.05, 0.1) is 19.1 Å². The number of nitrogens with zero attached hydrogens (tertiary/aromatic N) is 3. The average Bonchev–Trinajstić information content (AvgIpc) is 3.18. The summed E-state index contributed by atoms with van der Waals surface area (Å²) in [6.07, 6.45) is 12.9. The summed E-state index contributed by atoms with van der Waals surface area (Å²) in [5.41, 5.74) is 3.39. The number of fused-ring (bicyclic) bond motifs is 1. The fourth-order valence-electron chi connectivity index (χ4n) is 5.57. The van der Waals surface area contributed by atoms with Crippen molar-refractivity contribution in [2.24, 2.45) is 11.8 Å². The molecule has 1 aliphatic heterocycles. The second-order valence-corrected chi connectivity index (χ2v) is 9.45. The van der Waals surface area contributed by atoms with Crippen LogP contribution in [0.15, 0.2) is 61.1 Å². The normalized spacial score (nSPS) is 21.4. The fraction of sp³-hybridized carbons (Fsp3) is 0.481. The minimum absolute atomic E-state index is 0.0300. The summed E-state index contributed by atoms with van der Waals surface area (Å²) in [5.74, 6) is 1.01. The number of pyridine rings is 1. The quantitative estimate of drug-likeness (QED) is 0.587. The number of carbonyl (C=O) groups excluding carboxylic acids is 1. The van der Waals surface area contributed by atoms with Crippen molar-refractivity contribution in [2.75, 3.05) is 26.3 Å². The maximum atomic E-state index is 13.9. The molecule has 1 aromatic carbocycles. The van der Waals surface area contributed by atoms with Gasteiger partial charge in [-0.15, -0.1) is 0 Å². The van der Waals surface area contributed by atoms with Crippen LogP contribution in [0, 0.1) is 11.8 Å². The molecule has 1 saturated heterocycles. The molecule has 5 rings (SSSR count). The van der Waals surface area contributed by atoms with Crippen LogP contribution in [0.25, 0.3) is 5.65 Å². The van der Waals surface area contributed by atoms with Crippen LogP contribution in [0.5, 0.6) is 0 Å². The van der Waals surface area contributed by atoms with Gasteiger partial charge in [0.15, 0.2) is 0 Å². The van der Waals surface area contributed by atoms with E-state index in [1.807, 2.05) is 18.5 Å². The average molecular weight is 432 g/mol. The number of ether oxygens (including phenoxy) is 1. The molecule has 0 unspecified atom stereocenters. The first kappa shape index (κ1) is 21.2. The molecule has 0 radical (unpaired) electrons. The van der Waals surface area contributed by atoms with Crippen LogP contribution in [0.2, 0.25) is 0 Å². The standard InChI is InChI=1S/C27H33N3O2/c31-27(26(23-7-3-1-4-8-23)24-9-5-2-6-10-24)30-15-16-32-20-22(19-30)17-21-11-12-25-28-13-14-29(25)18-21/h1,3-4,7-8,11-14,18,22,24,26H,2,5-6,9-10,15-17,19-20H2/t22-,26+/m1/s1. The molecule has 5 nitrogen and oxygen atoms in total. The minimum Gasteiger partial charge on any atom is -0.379 e. The second kappa shape index (κ2) is 9.86. The Bertz CT molecular complexity index is 1030. The van der Waals surface area contributed by atoms with Gasteiger partial charge in [0.25, 0.3) is 0 Å². The molecule has 2 aromatic heterocycles. The zero-order valence-corrected chi connectivity index (χ0v) is 18.7. The van der Waals surface area contributed by atoms with Crippen LogP contribution in [-0.4, -0.2) is 46.5 Å². The predicted octanol–water partition coefficient (Wildman–Crippen LogP) is 4.72. The molecule has 0 spiro atoms. The lowest BCUT2D eigenvalue weighted by molar-refractivity contribution is -0.135. The Balaban J connectivity index is 1.34. The molecule has 32 heavy (non-hydrogen) atoms. The Morgan fingerprint density at radius 2 is 1.94 bits per heavy atom. The Morgan fingerprint density at radius 1 is 1.09 bits per heavy atom. The number of amides is 1. The largest absolute Gasteiger partial charge is 0.379 e. The maximum Gasteiger partial charge on any atom is 0.230 e. The number of carbonyl (C=O) groups is 1.